The van der Waals surface area contributed by atoms with E-state index in [-0.39, 0.29) is 0 Å². The van der Waals surface area contributed by atoms with E-state index in [1.807, 2.05) is 12.1 Å². The van der Waals surface area contributed by atoms with E-state index in [9.17, 15) is 0 Å². The van der Waals surface area contributed by atoms with Crippen molar-refractivity contribution < 1.29 is 4.42 Å². The Kier molecular flexibility index (Phi) is 9.17. The van der Waals surface area contributed by atoms with Gasteiger partial charge in [0.25, 0.3) is 0 Å². The first-order valence-electron chi connectivity index (χ1n) is 22.9. The molecular formula is C64H42N2O. The van der Waals surface area contributed by atoms with Gasteiger partial charge in [0.1, 0.15) is 11.2 Å². The number of anilines is 3. The predicted octanol–water partition coefficient (Wildman–Crippen LogP) is 18.0. The fraction of sp³-hybridized carbons (Fsp3) is 0. The first kappa shape index (κ1) is 38.5. The number of furan rings is 1. The van der Waals surface area contributed by atoms with Gasteiger partial charge in [-0.3, -0.25) is 0 Å². The molecule has 2 heterocycles. The maximum absolute atomic E-state index is 6.34. The van der Waals surface area contributed by atoms with E-state index < -0.39 is 0 Å². The van der Waals surface area contributed by atoms with Crippen molar-refractivity contribution in [2.75, 3.05) is 4.90 Å². The van der Waals surface area contributed by atoms with Crippen molar-refractivity contribution in [1.29, 1.82) is 0 Å². The molecule has 0 atom stereocenters. The Morgan fingerprint density at radius 2 is 0.821 bits per heavy atom. The highest BCUT2D eigenvalue weighted by molar-refractivity contribution is 6.12. The van der Waals surface area contributed by atoms with Crippen LogP contribution in [0.3, 0.4) is 0 Å². The van der Waals surface area contributed by atoms with E-state index in [1.165, 1.54) is 43.8 Å². The Labute approximate surface area is 388 Å². The van der Waals surface area contributed by atoms with E-state index >= 15 is 0 Å². The van der Waals surface area contributed by atoms with Crippen molar-refractivity contribution in [2.24, 2.45) is 0 Å². The number of aromatic nitrogens is 1. The minimum Gasteiger partial charge on any atom is -0.456 e. The molecule has 0 aliphatic heterocycles. The predicted molar refractivity (Wildman–Crippen MR) is 282 cm³/mol. The van der Waals surface area contributed by atoms with Crippen LogP contribution in [0.2, 0.25) is 0 Å². The molecule has 0 unspecified atom stereocenters. The van der Waals surface area contributed by atoms with Crippen LogP contribution in [0.25, 0.3) is 105 Å². The summed E-state index contributed by atoms with van der Waals surface area (Å²) >= 11 is 0. The second kappa shape index (κ2) is 16.0. The highest BCUT2D eigenvalue weighted by Gasteiger charge is 2.25. The van der Waals surface area contributed by atoms with Crippen molar-refractivity contribution in [3.8, 4) is 50.2 Å². The summed E-state index contributed by atoms with van der Waals surface area (Å²) < 4.78 is 8.74. The Morgan fingerprint density at radius 3 is 1.57 bits per heavy atom. The van der Waals surface area contributed by atoms with Gasteiger partial charge in [-0.1, -0.05) is 194 Å². The van der Waals surface area contributed by atoms with Crippen molar-refractivity contribution in [2.45, 2.75) is 0 Å². The van der Waals surface area contributed by atoms with Gasteiger partial charge < -0.3 is 13.9 Å². The van der Waals surface area contributed by atoms with Crippen LogP contribution >= 0.6 is 0 Å². The van der Waals surface area contributed by atoms with Gasteiger partial charge in [-0.15, -0.1) is 0 Å². The third kappa shape index (κ3) is 6.43. The lowest BCUT2D eigenvalue weighted by atomic mass is 9.90. The van der Waals surface area contributed by atoms with Crippen LogP contribution in [0.1, 0.15) is 0 Å². The van der Waals surface area contributed by atoms with E-state index in [4.69, 9.17) is 4.42 Å². The van der Waals surface area contributed by atoms with Gasteiger partial charge in [-0.2, -0.15) is 0 Å². The maximum Gasteiger partial charge on any atom is 0.135 e. The lowest BCUT2D eigenvalue weighted by Gasteiger charge is -2.32. The quantitative estimate of drug-likeness (QED) is 0.152. The molecule has 13 rings (SSSR count). The summed E-state index contributed by atoms with van der Waals surface area (Å²) in [4.78, 5) is 2.50. The summed E-state index contributed by atoms with van der Waals surface area (Å²) in [6, 6.07) is 92.2. The van der Waals surface area contributed by atoms with Crippen LogP contribution in [0, 0.1) is 0 Å². The summed E-state index contributed by atoms with van der Waals surface area (Å²) in [6.45, 7) is 0. The molecule has 0 spiro atoms. The first-order chi connectivity index (χ1) is 33.3. The Balaban J connectivity index is 1.08. The average Bonchev–Trinajstić information content (AvgIpc) is 3.94. The molecule has 314 valence electrons. The van der Waals surface area contributed by atoms with Crippen LogP contribution in [0.4, 0.5) is 17.1 Å². The standard InChI is InChI=1S/C64H42N2O/c1-3-19-43(20-4-1)50-30-17-21-44-22-18-31-55(64(44)50)52-28-10-15-35-60(52)66(57-32-12-7-25-48(57)45-38-40-63-56(41-45)54-29-11-16-36-62(54)67-63)58-33-13-8-26-49(58)46-37-39-53-51-27-9-14-34-59(51)65(61(53)42-46)47-23-5-2-6-24-47/h1-42H. The molecule has 67 heavy (non-hydrogen) atoms. The van der Waals surface area contributed by atoms with Gasteiger partial charge in [-0.25, -0.2) is 0 Å². The minimum absolute atomic E-state index is 0.878. The zero-order chi connectivity index (χ0) is 44.3. The van der Waals surface area contributed by atoms with E-state index in [2.05, 4.69) is 252 Å². The van der Waals surface area contributed by atoms with E-state index in [1.54, 1.807) is 0 Å². The fourth-order valence-corrected chi connectivity index (χ4v) is 10.4. The molecule has 0 aliphatic rings. The van der Waals surface area contributed by atoms with Gasteiger partial charge in [0.15, 0.2) is 0 Å². The summed E-state index contributed by atoms with van der Waals surface area (Å²) in [7, 11) is 0. The van der Waals surface area contributed by atoms with Crippen molar-refractivity contribution in [3.63, 3.8) is 0 Å². The molecule has 2 aromatic heterocycles. The summed E-state index contributed by atoms with van der Waals surface area (Å²) in [5.74, 6) is 0. The SMILES string of the molecule is c1ccc(-c2cccc3cccc(-c4ccccc4N(c4ccccc4-c4ccc5oc6ccccc6c5c4)c4ccccc4-c4ccc5c6ccccc6n(-c6ccccc6)c5c4)c23)cc1. The topological polar surface area (TPSA) is 21.3 Å². The number of hydrogen-bond donors (Lipinski definition) is 0. The largest absolute Gasteiger partial charge is 0.456 e. The molecule has 0 amide bonds. The average molecular weight is 855 g/mol. The third-order valence-electron chi connectivity index (χ3n) is 13.4. The number of para-hydroxylation sites is 6. The summed E-state index contributed by atoms with van der Waals surface area (Å²) in [6.07, 6.45) is 0. The fourth-order valence-electron chi connectivity index (χ4n) is 10.4. The molecule has 0 bridgehead atoms. The molecule has 0 saturated carbocycles. The highest BCUT2D eigenvalue weighted by atomic mass is 16.3. The maximum atomic E-state index is 6.34. The molecule has 3 nitrogen and oxygen atoms in total. The molecule has 11 aromatic carbocycles. The second-order valence-electron chi connectivity index (χ2n) is 17.2. The zero-order valence-electron chi connectivity index (χ0n) is 36.6. The number of nitrogens with zero attached hydrogens (tertiary/aromatic N) is 2. The Bertz CT molecular complexity index is 3990. The first-order valence-corrected chi connectivity index (χ1v) is 22.9. The monoisotopic (exact) mass is 854 g/mol. The lowest BCUT2D eigenvalue weighted by molar-refractivity contribution is 0.669. The molecule has 0 radical (unpaired) electrons. The number of fused-ring (bicyclic) bond motifs is 7. The van der Waals surface area contributed by atoms with Crippen LogP contribution < -0.4 is 4.90 Å². The van der Waals surface area contributed by atoms with Crippen LogP contribution in [-0.2, 0) is 0 Å². The van der Waals surface area contributed by atoms with Crippen LogP contribution in [0.5, 0.6) is 0 Å². The third-order valence-corrected chi connectivity index (χ3v) is 13.4. The van der Waals surface area contributed by atoms with Crippen molar-refractivity contribution >= 4 is 71.6 Å². The van der Waals surface area contributed by atoms with Crippen LogP contribution in [0.15, 0.2) is 259 Å². The zero-order valence-corrected chi connectivity index (χ0v) is 36.6. The van der Waals surface area contributed by atoms with Crippen molar-refractivity contribution in [3.05, 3.63) is 255 Å². The van der Waals surface area contributed by atoms with Gasteiger partial charge in [0.05, 0.1) is 28.1 Å². The number of rotatable bonds is 8. The molecule has 0 saturated heterocycles. The smallest absolute Gasteiger partial charge is 0.135 e. The van der Waals surface area contributed by atoms with Gasteiger partial charge in [-0.05, 0) is 99.3 Å². The van der Waals surface area contributed by atoms with Gasteiger partial charge in [0.2, 0.25) is 0 Å². The molecule has 3 heteroatoms. The normalized spacial score (nSPS) is 11.6. The minimum atomic E-state index is 0.878. The summed E-state index contributed by atoms with van der Waals surface area (Å²) in [5, 5.41) is 7.09. The van der Waals surface area contributed by atoms with Crippen molar-refractivity contribution in [1.82, 2.24) is 4.57 Å². The molecule has 0 fully saturated rings. The molecular weight excluding hydrogens is 813 g/mol. The summed E-state index contributed by atoms with van der Waals surface area (Å²) in [5.41, 5.74) is 17.7. The van der Waals surface area contributed by atoms with E-state index in [0.717, 1.165) is 78.0 Å². The highest BCUT2D eigenvalue weighted by Crippen LogP contribution is 2.50. The number of benzene rings is 11. The Morgan fingerprint density at radius 1 is 0.299 bits per heavy atom. The molecule has 0 aliphatic carbocycles. The number of hydrogen-bond acceptors (Lipinski definition) is 2. The van der Waals surface area contributed by atoms with Gasteiger partial charge >= 0.3 is 0 Å². The lowest BCUT2D eigenvalue weighted by Crippen LogP contribution is -2.13. The second-order valence-corrected chi connectivity index (χ2v) is 17.2. The molecule has 13 aromatic rings. The van der Waals surface area contributed by atoms with E-state index in [0.29, 0.717) is 0 Å². The molecule has 0 N–H and O–H groups in total. The van der Waals surface area contributed by atoms with Crippen LogP contribution in [-0.4, -0.2) is 4.57 Å². The van der Waals surface area contributed by atoms with Gasteiger partial charge in [0, 0.05) is 43.9 Å². The Hall–Kier alpha value is -8.92.